The molecule has 0 aromatic heterocycles. The molecule has 7 heteroatoms. The van der Waals surface area contributed by atoms with E-state index in [4.69, 9.17) is 5.73 Å². The van der Waals surface area contributed by atoms with Gasteiger partial charge in [0.05, 0.1) is 0 Å². The number of anilines is 2. The van der Waals surface area contributed by atoms with Crippen molar-refractivity contribution in [2.75, 3.05) is 23.7 Å². The SMILES string of the molecule is Cl.Cl.Nc1cccc(C(=O)NC2CCCN(c3cccc(F)c3)C2)c1. The zero-order valence-corrected chi connectivity index (χ0v) is 15.3. The largest absolute Gasteiger partial charge is 0.399 e. The van der Waals surface area contributed by atoms with Crippen molar-refractivity contribution in [2.24, 2.45) is 0 Å². The molecule has 1 aliphatic heterocycles. The molecule has 136 valence electrons. The minimum Gasteiger partial charge on any atom is -0.399 e. The molecule has 1 amide bonds. The number of nitrogens with zero attached hydrogens (tertiary/aromatic N) is 1. The minimum atomic E-state index is -0.242. The third kappa shape index (κ3) is 5.51. The average Bonchev–Trinajstić information content (AvgIpc) is 2.55. The highest BCUT2D eigenvalue weighted by atomic mass is 35.5. The lowest BCUT2D eigenvalue weighted by Crippen LogP contribution is -2.47. The number of piperidine rings is 1. The van der Waals surface area contributed by atoms with Gasteiger partial charge in [-0.25, -0.2) is 4.39 Å². The maximum atomic E-state index is 13.4. The van der Waals surface area contributed by atoms with Crippen LogP contribution in [-0.2, 0) is 0 Å². The van der Waals surface area contributed by atoms with Gasteiger partial charge >= 0.3 is 0 Å². The number of carbonyl (C=O) groups is 1. The van der Waals surface area contributed by atoms with Crippen molar-refractivity contribution < 1.29 is 9.18 Å². The van der Waals surface area contributed by atoms with Crippen LogP contribution in [0.2, 0.25) is 0 Å². The highest BCUT2D eigenvalue weighted by molar-refractivity contribution is 5.95. The third-order valence-electron chi connectivity index (χ3n) is 4.08. The summed E-state index contributed by atoms with van der Waals surface area (Å²) in [7, 11) is 0. The van der Waals surface area contributed by atoms with Crippen molar-refractivity contribution in [1.29, 1.82) is 0 Å². The first-order chi connectivity index (χ1) is 11.1. The minimum absolute atomic E-state index is 0. The van der Waals surface area contributed by atoms with Crippen LogP contribution in [-0.4, -0.2) is 25.0 Å². The summed E-state index contributed by atoms with van der Waals surface area (Å²) in [6, 6.07) is 13.6. The van der Waals surface area contributed by atoms with Gasteiger partial charge in [-0.05, 0) is 49.2 Å². The van der Waals surface area contributed by atoms with Gasteiger partial charge < -0.3 is 16.0 Å². The van der Waals surface area contributed by atoms with E-state index >= 15 is 0 Å². The Hall–Kier alpha value is -1.98. The molecule has 1 fully saturated rings. The highest BCUT2D eigenvalue weighted by Gasteiger charge is 2.22. The van der Waals surface area contributed by atoms with Gasteiger partial charge in [0.25, 0.3) is 5.91 Å². The maximum Gasteiger partial charge on any atom is 0.251 e. The summed E-state index contributed by atoms with van der Waals surface area (Å²) in [4.78, 5) is 14.4. The van der Waals surface area contributed by atoms with Crippen LogP contribution in [0.25, 0.3) is 0 Å². The van der Waals surface area contributed by atoms with Crippen LogP contribution >= 0.6 is 24.8 Å². The second-order valence-corrected chi connectivity index (χ2v) is 5.86. The summed E-state index contributed by atoms with van der Waals surface area (Å²) in [5, 5.41) is 3.05. The van der Waals surface area contributed by atoms with Crippen molar-refractivity contribution >= 4 is 42.1 Å². The molecule has 0 saturated carbocycles. The van der Waals surface area contributed by atoms with Crippen molar-refractivity contribution in [3.63, 3.8) is 0 Å². The van der Waals surface area contributed by atoms with Gasteiger partial charge in [0.15, 0.2) is 0 Å². The van der Waals surface area contributed by atoms with Gasteiger partial charge in [-0.15, -0.1) is 24.8 Å². The number of carbonyl (C=O) groups excluding carboxylic acids is 1. The molecule has 3 rings (SSSR count). The van der Waals surface area contributed by atoms with Crippen LogP contribution in [0.3, 0.4) is 0 Å². The Morgan fingerprint density at radius 3 is 2.64 bits per heavy atom. The Bertz CT molecular complexity index is 714. The second-order valence-electron chi connectivity index (χ2n) is 5.86. The average molecular weight is 386 g/mol. The third-order valence-corrected chi connectivity index (χ3v) is 4.08. The van der Waals surface area contributed by atoms with Gasteiger partial charge in [0, 0.05) is 36.1 Å². The summed E-state index contributed by atoms with van der Waals surface area (Å²) < 4.78 is 13.4. The quantitative estimate of drug-likeness (QED) is 0.792. The van der Waals surface area contributed by atoms with Crippen LogP contribution in [0, 0.1) is 5.82 Å². The fourth-order valence-corrected chi connectivity index (χ4v) is 2.95. The van der Waals surface area contributed by atoms with E-state index in [2.05, 4.69) is 10.2 Å². The Morgan fingerprint density at radius 1 is 1.16 bits per heavy atom. The summed E-state index contributed by atoms with van der Waals surface area (Å²) in [5.74, 6) is -0.364. The van der Waals surface area contributed by atoms with Gasteiger partial charge in [0.2, 0.25) is 0 Å². The highest BCUT2D eigenvalue weighted by Crippen LogP contribution is 2.21. The van der Waals surface area contributed by atoms with E-state index in [9.17, 15) is 9.18 Å². The predicted molar refractivity (Wildman–Crippen MR) is 104 cm³/mol. The monoisotopic (exact) mass is 385 g/mol. The topological polar surface area (TPSA) is 58.4 Å². The number of hydrogen-bond acceptors (Lipinski definition) is 3. The Labute approximate surface area is 159 Å². The molecular formula is C18H22Cl2FN3O. The number of rotatable bonds is 3. The van der Waals surface area contributed by atoms with E-state index in [-0.39, 0.29) is 42.6 Å². The number of hydrogen-bond donors (Lipinski definition) is 2. The number of halogens is 3. The number of nitrogens with two attached hydrogens (primary N) is 1. The summed E-state index contributed by atoms with van der Waals surface area (Å²) in [5.41, 5.74) is 7.71. The molecule has 0 bridgehead atoms. The summed E-state index contributed by atoms with van der Waals surface area (Å²) in [6.07, 6.45) is 1.87. The molecule has 3 N–H and O–H groups in total. The fourth-order valence-electron chi connectivity index (χ4n) is 2.95. The van der Waals surface area contributed by atoms with Gasteiger partial charge in [0.1, 0.15) is 5.82 Å². The first kappa shape index (κ1) is 21.1. The van der Waals surface area contributed by atoms with Gasteiger partial charge in [-0.2, -0.15) is 0 Å². The van der Waals surface area contributed by atoms with Crippen LogP contribution in [0.4, 0.5) is 15.8 Å². The van der Waals surface area contributed by atoms with E-state index in [0.717, 1.165) is 25.1 Å². The van der Waals surface area contributed by atoms with Crippen LogP contribution in [0.1, 0.15) is 23.2 Å². The number of nitrogens with one attached hydrogen (secondary N) is 1. The zero-order chi connectivity index (χ0) is 16.2. The number of nitrogen functional groups attached to an aromatic ring is 1. The van der Waals surface area contributed by atoms with Crippen LogP contribution in [0.15, 0.2) is 48.5 Å². The molecule has 0 radical (unpaired) electrons. The lowest BCUT2D eigenvalue weighted by atomic mass is 10.0. The normalized spacial score (nSPS) is 16.4. The van der Waals surface area contributed by atoms with Crippen molar-refractivity contribution in [2.45, 2.75) is 18.9 Å². The van der Waals surface area contributed by atoms with Crippen LogP contribution < -0.4 is 16.0 Å². The molecule has 2 aromatic rings. The number of amides is 1. The molecule has 4 nitrogen and oxygen atoms in total. The molecule has 1 heterocycles. The van der Waals surface area contributed by atoms with Crippen molar-refractivity contribution in [1.82, 2.24) is 5.32 Å². The first-order valence-electron chi connectivity index (χ1n) is 7.79. The lowest BCUT2D eigenvalue weighted by molar-refractivity contribution is 0.0933. The molecule has 1 atom stereocenters. The van der Waals surface area contributed by atoms with E-state index in [1.165, 1.54) is 12.1 Å². The van der Waals surface area contributed by atoms with E-state index in [1.54, 1.807) is 30.3 Å². The van der Waals surface area contributed by atoms with E-state index < -0.39 is 0 Å². The standard InChI is InChI=1S/C18H20FN3O.2ClH/c19-14-5-2-8-17(11-14)22-9-3-7-16(12-22)21-18(23)13-4-1-6-15(20)10-13;;/h1-2,4-6,8,10-11,16H,3,7,9,12,20H2,(H,21,23);2*1H. The molecule has 25 heavy (non-hydrogen) atoms. The van der Waals surface area contributed by atoms with E-state index in [0.29, 0.717) is 17.8 Å². The first-order valence-corrected chi connectivity index (χ1v) is 7.79. The Kier molecular flexibility index (Phi) is 8.00. The van der Waals surface area contributed by atoms with Gasteiger partial charge in [-0.1, -0.05) is 12.1 Å². The molecular weight excluding hydrogens is 364 g/mol. The Morgan fingerprint density at radius 2 is 1.92 bits per heavy atom. The predicted octanol–water partition coefficient (Wildman–Crippen LogP) is 3.65. The van der Waals surface area contributed by atoms with Crippen molar-refractivity contribution in [3.8, 4) is 0 Å². The van der Waals surface area contributed by atoms with Gasteiger partial charge in [-0.3, -0.25) is 4.79 Å². The maximum absolute atomic E-state index is 13.4. The van der Waals surface area contributed by atoms with E-state index in [1.807, 2.05) is 6.07 Å². The van der Waals surface area contributed by atoms with Crippen molar-refractivity contribution in [3.05, 3.63) is 59.9 Å². The summed E-state index contributed by atoms with van der Waals surface area (Å²) in [6.45, 7) is 1.55. The zero-order valence-electron chi connectivity index (χ0n) is 13.7. The smallest absolute Gasteiger partial charge is 0.251 e. The molecule has 2 aromatic carbocycles. The second kappa shape index (κ2) is 9.49. The molecule has 1 aliphatic rings. The summed E-state index contributed by atoms with van der Waals surface area (Å²) >= 11 is 0. The molecule has 1 saturated heterocycles. The van der Waals surface area contributed by atoms with Crippen LogP contribution in [0.5, 0.6) is 0 Å². The molecule has 0 spiro atoms. The molecule has 0 aliphatic carbocycles. The Balaban J connectivity index is 0.00000156. The molecule has 1 unspecified atom stereocenters. The fraction of sp³-hybridized carbons (Fsp3) is 0.278. The lowest BCUT2D eigenvalue weighted by Gasteiger charge is -2.34. The number of benzene rings is 2.